The highest BCUT2D eigenvalue weighted by atomic mass is 32.1. The van der Waals surface area contributed by atoms with Crippen LogP contribution in [-0.2, 0) is 14.8 Å². The summed E-state index contributed by atoms with van der Waals surface area (Å²) in [6, 6.07) is 6.21. The van der Waals surface area contributed by atoms with E-state index in [1.807, 2.05) is 0 Å². The van der Waals surface area contributed by atoms with Gasteiger partial charge in [0.05, 0.1) is 0 Å². The molecule has 0 fully saturated rings. The lowest BCUT2D eigenvalue weighted by atomic mass is 9.81. The Labute approximate surface area is 111 Å². The molecule has 7 heteroatoms. The number of para-hydroxylation sites is 1. The van der Waals surface area contributed by atoms with Crippen molar-refractivity contribution in [3.8, 4) is 5.75 Å². The molecule has 0 saturated carbocycles. The molecule has 100 valence electrons. The topological polar surface area (TPSA) is 89.5 Å². The summed E-state index contributed by atoms with van der Waals surface area (Å²) in [5, 5.41) is -0.331. The summed E-state index contributed by atoms with van der Waals surface area (Å²) in [6.07, 6.45) is 0.0957. The van der Waals surface area contributed by atoms with Crippen molar-refractivity contribution in [2.24, 2.45) is 0 Å². The van der Waals surface area contributed by atoms with E-state index >= 15 is 0 Å². The summed E-state index contributed by atoms with van der Waals surface area (Å²) in [5.41, 5.74) is -0.204. The number of carbonyl (C=O) groups is 1. The molecule has 0 aliphatic heterocycles. The Hall–Kier alpha value is -0.810. The molecule has 0 bridgehead atoms. The van der Waals surface area contributed by atoms with Gasteiger partial charge in [0.15, 0.2) is 5.12 Å². The van der Waals surface area contributed by atoms with E-state index in [2.05, 4.69) is 17.2 Å². The molecule has 0 radical (unpaired) electrons. The van der Waals surface area contributed by atoms with Crippen LogP contribution in [0.1, 0.15) is 25.8 Å². The first-order chi connectivity index (χ1) is 8.12. The van der Waals surface area contributed by atoms with Crippen LogP contribution in [0.25, 0.3) is 0 Å². The molecule has 0 aliphatic carbocycles. The predicted octanol–water partition coefficient (Wildman–Crippen LogP) is 1.02. The quantitative estimate of drug-likeness (QED) is 0.645. The van der Waals surface area contributed by atoms with Crippen LogP contribution in [0.15, 0.2) is 24.3 Å². The summed E-state index contributed by atoms with van der Waals surface area (Å²) < 4.78 is 15.1. The first-order valence-corrected chi connectivity index (χ1v) is 7.05. The molecule has 0 heterocycles. The number of hydrogen-bond acceptors (Lipinski definition) is 5. The van der Waals surface area contributed by atoms with Gasteiger partial charge in [0.1, 0.15) is 13.6 Å². The smallest absolute Gasteiger partial charge is 0.186 e. The van der Waals surface area contributed by atoms with E-state index in [0.717, 1.165) is 0 Å². The van der Waals surface area contributed by atoms with Crippen LogP contribution in [0.5, 0.6) is 5.75 Å². The second kappa shape index (κ2) is 5.45. The maximum Gasteiger partial charge on any atom is 0.186 e. The van der Waals surface area contributed by atoms with E-state index in [4.69, 9.17) is 0 Å². The van der Waals surface area contributed by atoms with Crippen LogP contribution in [-0.4, -0.2) is 5.12 Å². The van der Waals surface area contributed by atoms with E-state index in [0.29, 0.717) is 5.56 Å². The molecule has 0 aliphatic rings. The standard InChI is InChI=1S/C11H15O5PS/c1-11(2,7-10(12)18)8-5-3-4-6-9(8)16-17(13,14)15/h3-6H,7H2,1-2H3,(H,12,18)(H2,13,14,15)/p-2. The summed E-state index contributed by atoms with van der Waals surface area (Å²) in [6.45, 7) is 3.48. The summed E-state index contributed by atoms with van der Waals surface area (Å²) in [7, 11) is -5.12. The lowest BCUT2D eigenvalue weighted by Crippen LogP contribution is -2.23. The van der Waals surface area contributed by atoms with E-state index in [1.54, 1.807) is 32.0 Å². The summed E-state index contributed by atoms with van der Waals surface area (Å²) >= 11 is 3.70. The van der Waals surface area contributed by atoms with Gasteiger partial charge in [0.2, 0.25) is 0 Å². The summed E-state index contributed by atoms with van der Waals surface area (Å²) in [5.74, 6) is -0.0505. The zero-order valence-corrected chi connectivity index (χ0v) is 11.7. The second-order valence-corrected chi connectivity index (χ2v) is 6.06. The van der Waals surface area contributed by atoms with Crippen molar-refractivity contribution < 1.29 is 23.7 Å². The fourth-order valence-corrected chi connectivity index (χ4v) is 2.49. The average Bonchev–Trinajstić information content (AvgIpc) is 2.13. The van der Waals surface area contributed by atoms with Gasteiger partial charge in [-0.2, -0.15) is 0 Å². The highest BCUT2D eigenvalue weighted by Crippen LogP contribution is 2.39. The molecule has 0 amide bonds. The van der Waals surface area contributed by atoms with Crippen molar-refractivity contribution >= 4 is 25.6 Å². The zero-order valence-electron chi connectivity index (χ0n) is 9.95. The normalized spacial score (nSPS) is 12.3. The van der Waals surface area contributed by atoms with Gasteiger partial charge >= 0.3 is 0 Å². The molecule has 0 spiro atoms. The summed E-state index contributed by atoms with van der Waals surface area (Å²) in [4.78, 5) is 32.4. The Bertz CT molecular complexity index is 494. The lowest BCUT2D eigenvalue weighted by Gasteiger charge is -2.33. The van der Waals surface area contributed by atoms with Crippen molar-refractivity contribution in [2.75, 3.05) is 0 Å². The molecule has 5 nitrogen and oxygen atoms in total. The van der Waals surface area contributed by atoms with Crippen molar-refractivity contribution in [2.45, 2.75) is 25.7 Å². The van der Waals surface area contributed by atoms with Crippen molar-refractivity contribution in [3.63, 3.8) is 0 Å². The van der Waals surface area contributed by atoms with Crippen LogP contribution in [0.4, 0.5) is 0 Å². The van der Waals surface area contributed by atoms with Gasteiger partial charge in [0, 0.05) is 17.4 Å². The van der Waals surface area contributed by atoms with E-state index < -0.39 is 13.2 Å². The largest absolute Gasteiger partial charge is 0.780 e. The Morgan fingerprint density at radius 2 is 1.94 bits per heavy atom. The van der Waals surface area contributed by atoms with Gasteiger partial charge in [0.25, 0.3) is 0 Å². The Morgan fingerprint density at radius 3 is 2.44 bits per heavy atom. The monoisotopic (exact) mass is 288 g/mol. The van der Waals surface area contributed by atoms with E-state index in [1.165, 1.54) is 6.07 Å². The van der Waals surface area contributed by atoms with Crippen LogP contribution in [0.3, 0.4) is 0 Å². The third-order valence-corrected chi connectivity index (χ3v) is 3.00. The maximum absolute atomic E-state index is 11.1. The first-order valence-electron chi connectivity index (χ1n) is 5.15. The van der Waals surface area contributed by atoms with Crippen LogP contribution < -0.4 is 14.3 Å². The van der Waals surface area contributed by atoms with Crippen molar-refractivity contribution in [1.82, 2.24) is 0 Å². The van der Waals surface area contributed by atoms with Crippen molar-refractivity contribution in [1.29, 1.82) is 0 Å². The number of phosphoric acid groups is 1. The predicted molar refractivity (Wildman–Crippen MR) is 66.3 cm³/mol. The van der Waals surface area contributed by atoms with Crippen LogP contribution >= 0.6 is 20.5 Å². The molecule has 0 unspecified atom stereocenters. The number of rotatable bonds is 5. The van der Waals surface area contributed by atoms with Gasteiger partial charge in [-0.05, 0) is 6.07 Å². The molecular formula is C11H13O5PS-2. The third kappa shape index (κ3) is 4.46. The number of hydrogen-bond donors (Lipinski definition) is 1. The number of phosphoric ester groups is 1. The number of carbonyl (C=O) groups excluding carboxylic acids is 1. The number of thiol groups is 1. The SMILES string of the molecule is CC(C)(CC(=O)S)c1ccccc1OP(=O)([O-])[O-]. The second-order valence-electron chi connectivity index (χ2n) is 4.49. The highest BCUT2D eigenvalue weighted by molar-refractivity contribution is 7.96. The highest BCUT2D eigenvalue weighted by Gasteiger charge is 2.26. The first kappa shape index (κ1) is 15.2. The Balaban J connectivity index is 3.16. The molecular weight excluding hydrogens is 275 g/mol. The third-order valence-electron chi connectivity index (χ3n) is 2.42. The molecule has 1 aromatic carbocycles. The van der Waals surface area contributed by atoms with Gasteiger partial charge in [-0.1, -0.05) is 32.0 Å². The average molecular weight is 288 g/mol. The fraction of sp³-hybridized carbons (Fsp3) is 0.364. The molecule has 0 aromatic heterocycles. The Morgan fingerprint density at radius 1 is 1.39 bits per heavy atom. The van der Waals surface area contributed by atoms with Gasteiger partial charge in [-0.15, -0.1) is 12.6 Å². The van der Waals surface area contributed by atoms with Crippen molar-refractivity contribution in [3.05, 3.63) is 29.8 Å². The fourth-order valence-electron chi connectivity index (χ4n) is 1.70. The van der Waals surface area contributed by atoms with Gasteiger partial charge < -0.3 is 18.9 Å². The van der Waals surface area contributed by atoms with E-state index in [9.17, 15) is 19.1 Å². The minimum absolute atomic E-state index is 0.0505. The molecule has 18 heavy (non-hydrogen) atoms. The van der Waals surface area contributed by atoms with Crippen LogP contribution in [0, 0.1) is 0 Å². The van der Waals surface area contributed by atoms with Gasteiger partial charge in [-0.25, -0.2) is 0 Å². The molecule has 1 rings (SSSR count). The minimum Gasteiger partial charge on any atom is -0.780 e. The molecule has 1 aromatic rings. The molecule has 0 saturated heterocycles. The number of benzene rings is 1. The molecule has 0 N–H and O–H groups in total. The Kier molecular flexibility index (Phi) is 4.61. The molecule has 0 atom stereocenters. The van der Waals surface area contributed by atoms with E-state index in [-0.39, 0.29) is 17.3 Å². The maximum atomic E-state index is 11.1. The zero-order chi connectivity index (χ0) is 14.0. The van der Waals surface area contributed by atoms with Gasteiger partial charge in [-0.3, -0.25) is 4.79 Å². The lowest BCUT2D eigenvalue weighted by molar-refractivity contribution is -0.333. The van der Waals surface area contributed by atoms with Crippen LogP contribution in [0.2, 0.25) is 0 Å². The minimum atomic E-state index is -5.12.